The molecule has 2 nitrogen and oxygen atoms in total. The van der Waals surface area contributed by atoms with Gasteiger partial charge >= 0.3 is 0 Å². The molecule has 0 radical (unpaired) electrons. The van der Waals surface area contributed by atoms with Gasteiger partial charge in [-0.2, -0.15) is 0 Å². The Bertz CT molecular complexity index is 778. The predicted octanol–water partition coefficient (Wildman–Crippen LogP) is 5.54. The number of pyridine rings is 1. The molecule has 0 aliphatic heterocycles. The first-order valence-corrected chi connectivity index (χ1v) is 7.98. The normalized spacial score (nSPS) is 10.8. The van der Waals surface area contributed by atoms with Crippen LogP contribution in [0.1, 0.15) is 16.7 Å². The van der Waals surface area contributed by atoms with Gasteiger partial charge in [0.05, 0.1) is 5.52 Å². The third-order valence-electron chi connectivity index (χ3n) is 3.32. The van der Waals surface area contributed by atoms with E-state index in [2.05, 4.69) is 53.0 Å². The van der Waals surface area contributed by atoms with E-state index in [9.17, 15) is 0 Å². The van der Waals surface area contributed by atoms with Gasteiger partial charge in [0.1, 0.15) is 5.75 Å². The largest absolute Gasteiger partial charge is 0.439 e. The van der Waals surface area contributed by atoms with Gasteiger partial charge in [0.25, 0.3) is 0 Å². The van der Waals surface area contributed by atoms with Crippen LogP contribution in [0.15, 0.2) is 48.5 Å². The van der Waals surface area contributed by atoms with E-state index in [1.54, 1.807) is 0 Å². The van der Waals surface area contributed by atoms with E-state index in [1.165, 1.54) is 11.1 Å². The molecule has 0 bridgehead atoms. The molecule has 3 aromatic rings. The third-order valence-corrected chi connectivity index (χ3v) is 3.92. The van der Waals surface area contributed by atoms with Gasteiger partial charge in [0.15, 0.2) is 0 Å². The molecule has 0 N–H and O–H groups in total. The monoisotopic (exact) mass is 341 g/mol. The second kappa shape index (κ2) is 5.86. The Hall–Kier alpha value is -1.87. The minimum atomic E-state index is 0.663. The van der Waals surface area contributed by atoms with Crippen LogP contribution in [0.25, 0.3) is 10.9 Å². The molecule has 0 saturated heterocycles. The Balaban J connectivity index is 2.06. The van der Waals surface area contributed by atoms with E-state index in [0.29, 0.717) is 11.2 Å². The molecule has 0 spiro atoms. The first kappa shape index (κ1) is 14.1. The summed E-state index contributed by atoms with van der Waals surface area (Å²) in [5.74, 6) is 1.49. The van der Waals surface area contributed by atoms with E-state index in [0.717, 1.165) is 22.2 Å². The molecule has 0 amide bonds. The molecule has 106 valence electrons. The maximum absolute atomic E-state index is 6.03. The lowest BCUT2D eigenvalue weighted by molar-refractivity contribution is 0.460. The SMILES string of the molecule is Cc1cc(C)cc(Oc2nc3ccccc3cc2CBr)c1. The zero-order valence-corrected chi connectivity index (χ0v) is 13.6. The summed E-state index contributed by atoms with van der Waals surface area (Å²) in [6.07, 6.45) is 0. The maximum atomic E-state index is 6.03. The summed E-state index contributed by atoms with van der Waals surface area (Å²) in [7, 11) is 0. The van der Waals surface area contributed by atoms with Crippen molar-refractivity contribution in [1.29, 1.82) is 0 Å². The van der Waals surface area contributed by atoms with Crippen LogP contribution in [0.5, 0.6) is 11.6 Å². The van der Waals surface area contributed by atoms with E-state index in [4.69, 9.17) is 4.74 Å². The molecule has 0 aliphatic rings. The van der Waals surface area contributed by atoms with E-state index < -0.39 is 0 Å². The number of halogens is 1. The number of rotatable bonds is 3. The molecule has 3 rings (SSSR count). The molecule has 0 unspecified atom stereocenters. The van der Waals surface area contributed by atoms with Crippen LogP contribution < -0.4 is 4.74 Å². The lowest BCUT2D eigenvalue weighted by Gasteiger charge is -2.11. The van der Waals surface area contributed by atoms with Crippen molar-refractivity contribution in [1.82, 2.24) is 4.98 Å². The molecule has 3 heteroatoms. The number of nitrogens with zero attached hydrogens (tertiary/aromatic N) is 1. The Morgan fingerprint density at radius 1 is 1.00 bits per heavy atom. The molecular formula is C18H16BrNO. The molecular weight excluding hydrogens is 326 g/mol. The molecule has 1 heterocycles. The van der Waals surface area contributed by atoms with E-state index >= 15 is 0 Å². The van der Waals surface area contributed by atoms with Gasteiger partial charge in [-0.1, -0.05) is 40.2 Å². The number of aromatic nitrogens is 1. The van der Waals surface area contributed by atoms with Crippen molar-refractivity contribution < 1.29 is 4.74 Å². The zero-order chi connectivity index (χ0) is 14.8. The quantitative estimate of drug-likeness (QED) is 0.583. The van der Waals surface area contributed by atoms with Crippen LogP contribution in [0.3, 0.4) is 0 Å². The van der Waals surface area contributed by atoms with Crippen LogP contribution in [0.4, 0.5) is 0 Å². The lowest BCUT2D eigenvalue weighted by Crippen LogP contribution is -1.95. The number of para-hydroxylation sites is 1. The van der Waals surface area contributed by atoms with Crippen molar-refractivity contribution in [3.8, 4) is 11.6 Å². The fourth-order valence-corrected chi connectivity index (χ4v) is 2.83. The molecule has 21 heavy (non-hydrogen) atoms. The van der Waals surface area contributed by atoms with Gasteiger partial charge in [-0.15, -0.1) is 0 Å². The summed E-state index contributed by atoms with van der Waals surface area (Å²) in [5, 5.41) is 1.84. The number of hydrogen-bond acceptors (Lipinski definition) is 2. The van der Waals surface area contributed by atoms with Gasteiger partial charge in [-0.05, 0) is 49.2 Å². The Kier molecular flexibility index (Phi) is 3.93. The highest BCUT2D eigenvalue weighted by Crippen LogP contribution is 2.29. The summed E-state index contributed by atoms with van der Waals surface area (Å²) in [6.45, 7) is 4.14. The van der Waals surface area contributed by atoms with Crippen LogP contribution in [0, 0.1) is 13.8 Å². The summed E-state index contributed by atoms with van der Waals surface area (Å²) >= 11 is 3.52. The summed E-state index contributed by atoms with van der Waals surface area (Å²) in [5.41, 5.74) is 4.37. The van der Waals surface area contributed by atoms with Crippen LogP contribution in [0.2, 0.25) is 0 Å². The van der Waals surface area contributed by atoms with Crippen LogP contribution >= 0.6 is 15.9 Å². The summed E-state index contributed by atoms with van der Waals surface area (Å²) in [4.78, 5) is 4.65. The fourth-order valence-electron chi connectivity index (χ4n) is 2.43. The maximum Gasteiger partial charge on any atom is 0.223 e. The summed E-state index contributed by atoms with van der Waals surface area (Å²) < 4.78 is 6.03. The molecule has 0 atom stereocenters. The van der Waals surface area contributed by atoms with Gasteiger partial charge in [-0.25, -0.2) is 4.98 Å². The number of ether oxygens (including phenoxy) is 1. The zero-order valence-electron chi connectivity index (χ0n) is 12.1. The highest BCUT2D eigenvalue weighted by molar-refractivity contribution is 9.08. The van der Waals surface area contributed by atoms with Gasteiger partial charge in [0, 0.05) is 16.3 Å². The van der Waals surface area contributed by atoms with Crippen LogP contribution in [-0.2, 0) is 5.33 Å². The van der Waals surface area contributed by atoms with Crippen molar-refractivity contribution in [2.45, 2.75) is 19.2 Å². The van der Waals surface area contributed by atoms with Gasteiger partial charge in [0.2, 0.25) is 5.88 Å². The standard InChI is InChI=1S/C18H16BrNO/c1-12-7-13(2)9-16(8-12)21-18-15(11-19)10-14-5-3-4-6-17(14)20-18/h3-10H,11H2,1-2H3. The number of alkyl halides is 1. The van der Waals surface area contributed by atoms with Crippen LogP contribution in [-0.4, -0.2) is 4.98 Å². The van der Waals surface area contributed by atoms with Crippen molar-refractivity contribution in [3.63, 3.8) is 0 Å². The number of benzene rings is 2. The second-order valence-corrected chi connectivity index (χ2v) is 5.77. The van der Waals surface area contributed by atoms with Gasteiger partial charge in [-0.3, -0.25) is 0 Å². The Labute approximate surface area is 132 Å². The first-order valence-electron chi connectivity index (χ1n) is 6.86. The average molecular weight is 342 g/mol. The molecule has 0 saturated carbocycles. The van der Waals surface area contributed by atoms with Crippen molar-refractivity contribution in [3.05, 3.63) is 65.2 Å². The van der Waals surface area contributed by atoms with Crippen molar-refractivity contribution in [2.24, 2.45) is 0 Å². The summed E-state index contributed by atoms with van der Waals surface area (Å²) in [6, 6.07) is 16.4. The minimum Gasteiger partial charge on any atom is -0.439 e. The highest BCUT2D eigenvalue weighted by atomic mass is 79.9. The van der Waals surface area contributed by atoms with E-state index in [-0.39, 0.29) is 0 Å². The lowest BCUT2D eigenvalue weighted by atomic mass is 10.1. The van der Waals surface area contributed by atoms with Gasteiger partial charge < -0.3 is 4.74 Å². The Morgan fingerprint density at radius 2 is 1.71 bits per heavy atom. The second-order valence-electron chi connectivity index (χ2n) is 5.20. The Morgan fingerprint density at radius 3 is 2.43 bits per heavy atom. The number of aryl methyl sites for hydroxylation is 2. The third kappa shape index (κ3) is 3.08. The molecule has 0 fully saturated rings. The number of hydrogen-bond donors (Lipinski definition) is 0. The molecule has 2 aromatic carbocycles. The van der Waals surface area contributed by atoms with Crippen molar-refractivity contribution >= 4 is 26.8 Å². The molecule has 0 aliphatic carbocycles. The topological polar surface area (TPSA) is 22.1 Å². The average Bonchev–Trinajstić information content (AvgIpc) is 2.45. The number of fused-ring (bicyclic) bond motifs is 1. The predicted molar refractivity (Wildman–Crippen MR) is 90.4 cm³/mol. The molecule has 1 aromatic heterocycles. The fraction of sp³-hybridized carbons (Fsp3) is 0.167. The van der Waals surface area contributed by atoms with Crippen molar-refractivity contribution in [2.75, 3.05) is 0 Å². The van der Waals surface area contributed by atoms with E-state index in [1.807, 2.05) is 30.3 Å². The smallest absolute Gasteiger partial charge is 0.223 e. The first-order chi connectivity index (χ1) is 10.2. The highest BCUT2D eigenvalue weighted by Gasteiger charge is 2.09. The minimum absolute atomic E-state index is 0.663.